The van der Waals surface area contributed by atoms with Crippen molar-refractivity contribution < 1.29 is 13.5 Å². The molecule has 2 atom stereocenters. The van der Waals surface area contributed by atoms with Crippen LogP contribution in [0.25, 0.3) is 0 Å². The number of nitrogens with zero attached hydrogens (tertiary/aromatic N) is 1. The Morgan fingerprint density at radius 3 is 2.74 bits per heavy atom. The molecule has 0 aliphatic rings. The molecule has 1 rings (SSSR count). The van der Waals surface area contributed by atoms with Crippen molar-refractivity contribution in [1.82, 2.24) is 5.32 Å². The van der Waals surface area contributed by atoms with Crippen molar-refractivity contribution in [3.05, 3.63) is 39.7 Å². The Hall–Kier alpha value is -1.34. The first-order chi connectivity index (χ1) is 8.90. The molecule has 1 N–H and O–H groups in total. The number of non-ortho nitro benzene ring substituents is 1. The molecular weight excluding hydrogens is 271 g/mol. The SMILES string of the molecule is CC(CCNCc1cc(F)cc([N+](=O)[O-])c1)S(C)=O. The Morgan fingerprint density at radius 1 is 1.47 bits per heavy atom. The molecule has 106 valence electrons. The van der Waals surface area contributed by atoms with Crippen LogP contribution < -0.4 is 5.32 Å². The number of hydrogen-bond donors (Lipinski definition) is 1. The summed E-state index contributed by atoms with van der Waals surface area (Å²) in [5, 5.41) is 13.7. The first-order valence-corrected chi connectivity index (χ1v) is 7.49. The molecule has 1 aromatic carbocycles. The van der Waals surface area contributed by atoms with E-state index in [-0.39, 0.29) is 10.9 Å². The van der Waals surface area contributed by atoms with E-state index in [9.17, 15) is 18.7 Å². The number of halogens is 1. The zero-order valence-corrected chi connectivity index (χ0v) is 11.7. The highest BCUT2D eigenvalue weighted by Crippen LogP contribution is 2.16. The van der Waals surface area contributed by atoms with E-state index in [0.717, 1.165) is 12.5 Å². The summed E-state index contributed by atoms with van der Waals surface area (Å²) < 4.78 is 24.3. The molecule has 0 fully saturated rings. The van der Waals surface area contributed by atoms with Crippen LogP contribution in [-0.2, 0) is 17.3 Å². The van der Waals surface area contributed by atoms with E-state index in [1.165, 1.54) is 12.1 Å². The van der Waals surface area contributed by atoms with Gasteiger partial charge in [0.1, 0.15) is 5.82 Å². The molecule has 0 bridgehead atoms. The minimum atomic E-state index is -0.861. The molecule has 0 aliphatic heterocycles. The van der Waals surface area contributed by atoms with Gasteiger partial charge in [0, 0.05) is 34.9 Å². The van der Waals surface area contributed by atoms with E-state index in [2.05, 4.69) is 5.32 Å². The summed E-state index contributed by atoms with van der Waals surface area (Å²) >= 11 is 0. The minimum absolute atomic E-state index is 0.0920. The number of hydrogen-bond acceptors (Lipinski definition) is 4. The molecular formula is C12H17FN2O3S. The van der Waals surface area contributed by atoms with Crippen molar-refractivity contribution in [3.63, 3.8) is 0 Å². The van der Waals surface area contributed by atoms with Gasteiger partial charge in [0.25, 0.3) is 5.69 Å². The largest absolute Gasteiger partial charge is 0.313 e. The Morgan fingerprint density at radius 2 is 2.16 bits per heavy atom. The summed E-state index contributed by atoms with van der Waals surface area (Å²) in [4.78, 5) is 9.97. The first-order valence-electron chi connectivity index (χ1n) is 5.87. The second kappa shape index (κ2) is 7.30. The molecule has 0 heterocycles. The maximum Gasteiger partial charge on any atom is 0.272 e. The van der Waals surface area contributed by atoms with Gasteiger partial charge in [-0.3, -0.25) is 14.3 Å². The molecule has 0 saturated heterocycles. The van der Waals surface area contributed by atoms with Crippen LogP contribution in [0.2, 0.25) is 0 Å². The van der Waals surface area contributed by atoms with Gasteiger partial charge < -0.3 is 5.32 Å². The van der Waals surface area contributed by atoms with E-state index in [0.29, 0.717) is 18.7 Å². The second-order valence-corrected chi connectivity index (χ2v) is 6.15. The quantitative estimate of drug-likeness (QED) is 0.473. The van der Waals surface area contributed by atoms with E-state index in [4.69, 9.17) is 0 Å². The lowest BCUT2D eigenvalue weighted by Crippen LogP contribution is -2.21. The zero-order valence-electron chi connectivity index (χ0n) is 10.9. The van der Waals surface area contributed by atoms with Crippen molar-refractivity contribution >= 4 is 16.5 Å². The van der Waals surface area contributed by atoms with Crippen molar-refractivity contribution in [1.29, 1.82) is 0 Å². The van der Waals surface area contributed by atoms with Crippen molar-refractivity contribution in [2.45, 2.75) is 25.1 Å². The second-order valence-electron chi connectivity index (χ2n) is 4.35. The zero-order chi connectivity index (χ0) is 14.4. The molecule has 0 amide bonds. The third kappa shape index (κ3) is 5.44. The molecule has 19 heavy (non-hydrogen) atoms. The summed E-state index contributed by atoms with van der Waals surface area (Å²) in [7, 11) is -0.861. The molecule has 5 nitrogen and oxygen atoms in total. The van der Waals surface area contributed by atoms with Gasteiger partial charge in [-0.1, -0.05) is 6.92 Å². The van der Waals surface area contributed by atoms with E-state index in [1.807, 2.05) is 6.92 Å². The fourth-order valence-corrected chi connectivity index (χ4v) is 1.99. The molecule has 0 aromatic heterocycles. The van der Waals surface area contributed by atoms with Crippen LogP contribution in [0.15, 0.2) is 18.2 Å². The van der Waals surface area contributed by atoms with Crippen molar-refractivity contribution in [2.24, 2.45) is 0 Å². The van der Waals surface area contributed by atoms with Gasteiger partial charge in [-0.2, -0.15) is 0 Å². The number of rotatable bonds is 7. The van der Waals surface area contributed by atoms with Gasteiger partial charge in [0.15, 0.2) is 0 Å². The van der Waals surface area contributed by atoms with Crippen LogP contribution in [-0.4, -0.2) is 27.2 Å². The summed E-state index contributed by atoms with van der Waals surface area (Å²) in [6, 6.07) is 3.50. The molecule has 0 saturated carbocycles. The Bertz CT molecular complexity index is 482. The van der Waals surface area contributed by atoms with E-state index >= 15 is 0 Å². The lowest BCUT2D eigenvalue weighted by Gasteiger charge is -2.09. The van der Waals surface area contributed by atoms with Crippen LogP contribution in [0.3, 0.4) is 0 Å². The molecule has 0 spiro atoms. The Kier molecular flexibility index (Phi) is 6.04. The average molecular weight is 288 g/mol. The van der Waals surface area contributed by atoms with Crippen LogP contribution in [0, 0.1) is 15.9 Å². The minimum Gasteiger partial charge on any atom is -0.313 e. The van der Waals surface area contributed by atoms with Gasteiger partial charge in [0.2, 0.25) is 0 Å². The van der Waals surface area contributed by atoms with Gasteiger partial charge in [-0.05, 0) is 24.6 Å². The van der Waals surface area contributed by atoms with E-state index in [1.54, 1.807) is 6.26 Å². The average Bonchev–Trinajstić information content (AvgIpc) is 2.33. The molecule has 2 unspecified atom stereocenters. The predicted octanol–water partition coefficient (Wildman–Crippen LogP) is 1.98. The molecule has 0 radical (unpaired) electrons. The fourth-order valence-electron chi connectivity index (χ4n) is 1.54. The van der Waals surface area contributed by atoms with Crippen molar-refractivity contribution in [3.8, 4) is 0 Å². The van der Waals surface area contributed by atoms with Crippen LogP contribution in [0.4, 0.5) is 10.1 Å². The maximum absolute atomic E-state index is 13.2. The highest BCUT2D eigenvalue weighted by molar-refractivity contribution is 7.84. The van der Waals surface area contributed by atoms with Crippen LogP contribution in [0.5, 0.6) is 0 Å². The van der Waals surface area contributed by atoms with Gasteiger partial charge >= 0.3 is 0 Å². The molecule has 1 aromatic rings. The van der Waals surface area contributed by atoms with Gasteiger partial charge in [-0.15, -0.1) is 0 Å². The smallest absolute Gasteiger partial charge is 0.272 e. The lowest BCUT2D eigenvalue weighted by molar-refractivity contribution is -0.385. The van der Waals surface area contributed by atoms with Crippen molar-refractivity contribution in [2.75, 3.05) is 12.8 Å². The summed E-state index contributed by atoms with van der Waals surface area (Å²) in [5.74, 6) is -0.617. The van der Waals surface area contributed by atoms with E-state index < -0.39 is 21.5 Å². The molecule has 0 aliphatic carbocycles. The predicted molar refractivity (Wildman–Crippen MR) is 72.9 cm³/mol. The van der Waals surface area contributed by atoms with Crippen LogP contribution in [0.1, 0.15) is 18.9 Å². The summed E-state index contributed by atoms with van der Waals surface area (Å²) in [6.07, 6.45) is 2.39. The third-order valence-corrected chi connectivity index (χ3v) is 4.15. The third-order valence-electron chi connectivity index (χ3n) is 2.78. The standard InChI is InChI=1S/C12H17FN2O3S/c1-9(19(2)18)3-4-14-8-10-5-11(13)7-12(6-10)15(16)17/h5-7,9,14H,3-4,8H2,1-2H3. The number of nitro benzene ring substituents is 1. The fraction of sp³-hybridized carbons (Fsp3) is 0.500. The number of benzene rings is 1. The Balaban J connectivity index is 2.49. The highest BCUT2D eigenvalue weighted by Gasteiger charge is 2.10. The molecule has 7 heteroatoms. The summed E-state index contributed by atoms with van der Waals surface area (Å²) in [6.45, 7) is 2.87. The normalized spacial score (nSPS) is 14.1. The maximum atomic E-state index is 13.2. The van der Waals surface area contributed by atoms with Crippen LogP contribution >= 0.6 is 0 Å². The monoisotopic (exact) mass is 288 g/mol. The number of nitro groups is 1. The van der Waals surface area contributed by atoms with Gasteiger partial charge in [0.05, 0.1) is 11.0 Å². The number of nitrogens with one attached hydrogen (secondary N) is 1. The topological polar surface area (TPSA) is 72.2 Å². The highest BCUT2D eigenvalue weighted by atomic mass is 32.2. The Labute approximate surface area is 113 Å². The first kappa shape index (κ1) is 15.7. The van der Waals surface area contributed by atoms with Gasteiger partial charge in [-0.25, -0.2) is 4.39 Å². The summed E-state index contributed by atoms with van der Waals surface area (Å²) in [5.41, 5.74) is 0.275. The lowest BCUT2D eigenvalue weighted by atomic mass is 10.2.